The summed E-state index contributed by atoms with van der Waals surface area (Å²) in [6.45, 7) is 8.37. The Balaban J connectivity index is 1.74. The van der Waals surface area contributed by atoms with Gasteiger partial charge in [0.25, 0.3) is 0 Å². The van der Waals surface area contributed by atoms with Crippen molar-refractivity contribution in [1.29, 1.82) is 0 Å². The number of phenolic OH excluding ortho intramolecular Hbond substituents is 3. The summed E-state index contributed by atoms with van der Waals surface area (Å²) in [5, 5.41) is 32.7. The summed E-state index contributed by atoms with van der Waals surface area (Å²) in [5.41, 5.74) is 9.89. The molecule has 0 aliphatic heterocycles. The smallest absolute Gasteiger partial charge is 0.122 e. The number of phenols is 3. The fourth-order valence-electron chi connectivity index (χ4n) is 7.15. The maximum Gasteiger partial charge on any atom is 0.122 e. The van der Waals surface area contributed by atoms with Gasteiger partial charge in [0.1, 0.15) is 17.2 Å². The first kappa shape index (κ1) is 26.7. The minimum atomic E-state index is -0.0566. The largest absolute Gasteiger partial charge is 0.508 e. The van der Waals surface area contributed by atoms with E-state index in [1.807, 2.05) is 12.1 Å². The van der Waals surface area contributed by atoms with Crippen molar-refractivity contribution in [2.45, 2.75) is 110 Å². The maximum absolute atomic E-state index is 11.3. The van der Waals surface area contributed by atoms with Crippen molar-refractivity contribution in [3.05, 3.63) is 86.5 Å². The average molecular weight is 513 g/mol. The third kappa shape index (κ3) is 4.93. The van der Waals surface area contributed by atoms with Gasteiger partial charge in [-0.2, -0.15) is 0 Å². The van der Waals surface area contributed by atoms with Crippen molar-refractivity contribution in [3.8, 4) is 17.2 Å². The third-order valence-corrected chi connectivity index (χ3v) is 9.81. The Hall–Kier alpha value is -2.94. The van der Waals surface area contributed by atoms with Gasteiger partial charge in [0, 0.05) is 5.92 Å². The van der Waals surface area contributed by atoms with Crippen LogP contribution in [0.2, 0.25) is 0 Å². The molecule has 2 aliphatic carbocycles. The summed E-state index contributed by atoms with van der Waals surface area (Å²) in [7, 11) is 0. The van der Waals surface area contributed by atoms with Gasteiger partial charge in [-0.3, -0.25) is 0 Å². The molecule has 2 saturated carbocycles. The van der Waals surface area contributed by atoms with Gasteiger partial charge in [-0.1, -0.05) is 62.8 Å². The van der Waals surface area contributed by atoms with E-state index in [-0.39, 0.29) is 11.7 Å². The molecule has 3 heteroatoms. The highest BCUT2D eigenvalue weighted by molar-refractivity contribution is 5.60. The second-order valence-corrected chi connectivity index (χ2v) is 12.0. The van der Waals surface area contributed by atoms with Crippen LogP contribution in [0, 0.1) is 27.7 Å². The summed E-state index contributed by atoms with van der Waals surface area (Å²) in [6, 6.07) is 12.2. The van der Waals surface area contributed by atoms with Crippen LogP contribution < -0.4 is 0 Å². The molecule has 5 rings (SSSR count). The second-order valence-electron chi connectivity index (χ2n) is 12.0. The molecule has 0 unspecified atom stereocenters. The van der Waals surface area contributed by atoms with E-state index in [1.54, 1.807) is 12.1 Å². The van der Waals surface area contributed by atoms with E-state index in [0.717, 1.165) is 64.6 Å². The number of aromatic hydroxyl groups is 3. The first-order valence-corrected chi connectivity index (χ1v) is 14.7. The van der Waals surface area contributed by atoms with Crippen LogP contribution in [0.5, 0.6) is 17.2 Å². The molecule has 2 aliphatic rings. The number of hydrogen-bond acceptors (Lipinski definition) is 3. The van der Waals surface area contributed by atoms with Crippen LogP contribution >= 0.6 is 0 Å². The lowest BCUT2D eigenvalue weighted by atomic mass is 9.74. The van der Waals surface area contributed by atoms with Crippen molar-refractivity contribution < 1.29 is 15.3 Å². The highest BCUT2D eigenvalue weighted by Gasteiger charge is 2.30. The zero-order valence-corrected chi connectivity index (χ0v) is 23.6. The first-order valence-electron chi connectivity index (χ1n) is 14.7. The summed E-state index contributed by atoms with van der Waals surface area (Å²) >= 11 is 0. The summed E-state index contributed by atoms with van der Waals surface area (Å²) in [5.74, 6) is 1.91. The molecule has 0 heterocycles. The van der Waals surface area contributed by atoms with Gasteiger partial charge in [-0.15, -0.1) is 0 Å². The predicted octanol–water partition coefficient (Wildman–Crippen LogP) is 9.31. The second kappa shape index (κ2) is 11.0. The summed E-state index contributed by atoms with van der Waals surface area (Å²) < 4.78 is 0. The molecule has 3 aromatic rings. The van der Waals surface area contributed by atoms with Gasteiger partial charge in [0.2, 0.25) is 0 Å². The molecule has 0 spiro atoms. The van der Waals surface area contributed by atoms with E-state index in [0.29, 0.717) is 23.3 Å². The number of rotatable bonds is 5. The molecular weight excluding hydrogens is 468 g/mol. The first-order chi connectivity index (χ1) is 18.3. The maximum atomic E-state index is 11.3. The normalized spacial score (nSPS) is 17.3. The molecule has 3 N–H and O–H groups in total. The van der Waals surface area contributed by atoms with Crippen molar-refractivity contribution in [2.24, 2.45) is 0 Å². The predicted molar refractivity (Wildman–Crippen MR) is 156 cm³/mol. The Morgan fingerprint density at radius 2 is 0.947 bits per heavy atom. The molecule has 0 bridgehead atoms. The van der Waals surface area contributed by atoms with E-state index < -0.39 is 0 Å². The zero-order valence-electron chi connectivity index (χ0n) is 23.6. The molecule has 202 valence electrons. The van der Waals surface area contributed by atoms with E-state index in [4.69, 9.17) is 0 Å². The van der Waals surface area contributed by atoms with Crippen LogP contribution in [0.15, 0.2) is 36.4 Å². The Morgan fingerprint density at radius 3 is 1.34 bits per heavy atom. The molecule has 3 aromatic carbocycles. The van der Waals surface area contributed by atoms with E-state index in [9.17, 15) is 15.3 Å². The molecule has 2 fully saturated rings. The lowest BCUT2D eigenvalue weighted by Gasteiger charge is -2.31. The Bertz CT molecular complexity index is 1210. The van der Waals surface area contributed by atoms with Gasteiger partial charge in [0.15, 0.2) is 0 Å². The quantitative estimate of drug-likeness (QED) is 0.298. The Labute approximate surface area is 228 Å². The molecule has 0 amide bonds. The summed E-state index contributed by atoms with van der Waals surface area (Å²) in [4.78, 5) is 0. The molecule has 0 radical (unpaired) electrons. The van der Waals surface area contributed by atoms with Crippen molar-refractivity contribution in [1.82, 2.24) is 0 Å². The third-order valence-electron chi connectivity index (χ3n) is 9.81. The van der Waals surface area contributed by atoms with Crippen LogP contribution in [-0.4, -0.2) is 15.3 Å². The van der Waals surface area contributed by atoms with Crippen LogP contribution in [-0.2, 0) is 0 Å². The van der Waals surface area contributed by atoms with E-state index >= 15 is 0 Å². The highest BCUT2D eigenvalue weighted by Crippen LogP contribution is 2.47. The van der Waals surface area contributed by atoms with Gasteiger partial charge in [-0.05, 0) is 127 Å². The van der Waals surface area contributed by atoms with Gasteiger partial charge >= 0.3 is 0 Å². The molecule has 3 nitrogen and oxygen atoms in total. The molecule has 38 heavy (non-hydrogen) atoms. The van der Waals surface area contributed by atoms with E-state index in [2.05, 4.69) is 39.8 Å². The fourth-order valence-corrected chi connectivity index (χ4v) is 7.15. The van der Waals surface area contributed by atoms with Crippen LogP contribution in [0.1, 0.15) is 132 Å². The van der Waals surface area contributed by atoms with Crippen molar-refractivity contribution in [2.75, 3.05) is 0 Å². The molecule has 0 aromatic heterocycles. The monoisotopic (exact) mass is 512 g/mol. The van der Waals surface area contributed by atoms with Gasteiger partial charge < -0.3 is 15.3 Å². The van der Waals surface area contributed by atoms with Crippen LogP contribution in [0.4, 0.5) is 0 Å². The van der Waals surface area contributed by atoms with Crippen molar-refractivity contribution in [3.63, 3.8) is 0 Å². The summed E-state index contributed by atoms with van der Waals surface area (Å²) in [6.07, 6.45) is 11.9. The number of hydrogen-bond donors (Lipinski definition) is 3. The topological polar surface area (TPSA) is 60.7 Å². The minimum Gasteiger partial charge on any atom is -0.508 e. The molecule has 0 saturated heterocycles. The van der Waals surface area contributed by atoms with Crippen molar-refractivity contribution >= 4 is 0 Å². The lowest BCUT2D eigenvalue weighted by molar-refractivity contribution is 0.411. The van der Waals surface area contributed by atoms with Gasteiger partial charge in [-0.25, -0.2) is 0 Å². The zero-order chi connectivity index (χ0) is 27.0. The van der Waals surface area contributed by atoms with Gasteiger partial charge in [0.05, 0.1) is 0 Å². The van der Waals surface area contributed by atoms with Crippen LogP contribution in [0.3, 0.4) is 0 Å². The fraction of sp³-hybridized carbons (Fsp3) is 0.486. The van der Waals surface area contributed by atoms with E-state index in [1.165, 1.54) is 49.7 Å². The molecule has 0 atom stereocenters. The average Bonchev–Trinajstić information content (AvgIpc) is 2.94. The molecular formula is C35H44O3. The minimum absolute atomic E-state index is 0.0566. The lowest BCUT2D eigenvalue weighted by Crippen LogP contribution is -2.14. The number of benzene rings is 3. The Morgan fingerprint density at radius 1 is 0.553 bits per heavy atom. The SMILES string of the molecule is Cc1c(C(c2ccc(O)cc2)c2cc(C3CCCCC3)c(O)c(C)c2C)cc(C2CCCCC2)c(O)c1C. The Kier molecular flexibility index (Phi) is 7.75. The highest BCUT2D eigenvalue weighted by atomic mass is 16.3. The standard InChI is InChI=1S/C35H44O3/c1-21-23(3)34(37)31(25-11-7-5-8-12-25)19-29(21)33(27-15-17-28(36)18-16-27)30-20-32(26-13-9-6-10-14-26)35(38)24(4)22(30)2/h15-20,25-26,33,36-38H,5-14H2,1-4H3. The van der Waals surface area contributed by atoms with Crippen LogP contribution in [0.25, 0.3) is 0 Å².